The van der Waals surface area contributed by atoms with Gasteiger partial charge in [-0.2, -0.15) is 5.10 Å². The highest BCUT2D eigenvalue weighted by Gasteiger charge is 2.31. The lowest BCUT2D eigenvalue weighted by atomic mass is 9.93. The van der Waals surface area contributed by atoms with Crippen LogP contribution in [-0.4, -0.2) is 68.0 Å². The quantitative estimate of drug-likeness (QED) is 0.571. The van der Waals surface area contributed by atoms with Crippen LogP contribution < -0.4 is 16.4 Å². The first-order valence-electron chi connectivity index (χ1n) is 10.7. The Morgan fingerprint density at radius 1 is 1.16 bits per heavy atom. The molecule has 1 aliphatic carbocycles. The van der Waals surface area contributed by atoms with E-state index in [4.69, 9.17) is 5.73 Å². The van der Waals surface area contributed by atoms with Crippen LogP contribution in [0, 0.1) is 0 Å². The highest BCUT2D eigenvalue weighted by Crippen LogP contribution is 2.22. The van der Waals surface area contributed by atoms with Gasteiger partial charge in [-0.15, -0.1) is 0 Å². The number of nitrogens with two attached hydrogens (primary N) is 1. The van der Waals surface area contributed by atoms with E-state index in [9.17, 15) is 14.7 Å². The van der Waals surface area contributed by atoms with Gasteiger partial charge in [-0.25, -0.2) is 9.78 Å². The topological polar surface area (TPSA) is 138 Å². The smallest absolute Gasteiger partial charge is 0.317 e. The number of nitrogen functional groups attached to an aromatic ring is 1. The van der Waals surface area contributed by atoms with Crippen LogP contribution in [0.4, 0.5) is 10.6 Å². The molecule has 3 amide bonds. The van der Waals surface area contributed by atoms with Crippen LogP contribution in [0.3, 0.4) is 0 Å². The van der Waals surface area contributed by atoms with Crippen molar-refractivity contribution in [3.63, 3.8) is 0 Å². The summed E-state index contributed by atoms with van der Waals surface area (Å²) in [7, 11) is 1.82. The van der Waals surface area contributed by atoms with Crippen LogP contribution >= 0.6 is 0 Å². The normalized spacial score (nSPS) is 23.5. The summed E-state index contributed by atoms with van der Waals surface area (Å²) < 4.78 is 1.68. The molecule has 2 aliphatic rings. The van der Waals surface area contributed by atoms with Crippen LogP contribution in [-0.2, 0) is 7.05 Å². The number of aliphatic hydroxyl groups excluding tert-OH is 1. The molecule has 0 spiro atoms. The van der Waals surface area contributed by atoms with Crippen molar-refractivity contribution >= 4 is 17.8 Å². The zero-order chi connectivity index (χ0) is 22.0. The van der Waals surface area contributed by atoms with Gasteiger partial charge in [-0.1, -0.05) is 12.8 Å². The first-order chi connectivity index (χ1) is 14.9. The highest BCUT2D eigenvalue weighted by molar-refractivity contribution is 5.99. The van der Waals surface area contributed by atoms with Crippen molar-refractivity contribution in [3.8, 4) is 11.1 Å². The number of aromatic nitrogens is 3. The van der Waals surface area contributed by atoms with Crippen LogP contribution in [0.15, 0.2) is 24.7 Å². The molecular formula is C21H29N7O3. The minimum Gasteiger partial charge on any atom is -0.391 e. The number of likely N-dealkylation sites (tertiary alicyclic amines) is 1. The molecule has 166 valence electrons. The standard InChI is InChI=1S/C21H29N7O3/c1-27-11-14(10-24-27)13-8-16(19(22)23-9-13)20(30)25-15-6-7-28(12-15)21(31)26-17-4-2-3-5-18(17)29/h8-11,15,17-18,29H,2-7,12H2,1H3,(H2,22,23)(H,25,30)(H,26,31)/t15-,17-,18+/m1/s1. The van der Waals surface area contributed by atoms with Crippen molar-refractivity contribution in [1.29, 1.82) is 0 Å². The van der Waals surface area contributed by atoms with Crippen molar-refractivity contribution in [2.24, 2.45) is 7.05 Å². The Morgan fingerprint density at radius 2 is 1.97 bits per heavy atom. The number of rotatable bonds is 4. The van der Waals surface area contributed by atoms with E-state index in [0.29, 0.717) is 25.1 Å². The summed E-state index contributed by atoms with van der Waals surface area (Å²) in [5.41, 5.74) is 7.85. The number of amides is 3. The Bertz CT molecular complexity index is 960. The Kier molecular flexibility index (Phi) is 6.08. The summed E-state index contributed by atoms with van der Waals surface area (Å²) in [5.74, 6) is -0.158. The molecular weight excluding hydrogens is 398 g/mol. The fourth-order valence-corrected chi connectivity index (χ4v) is 4.24. The molecule has 0 aromatic carbocycles. The molecule has 2 aromatic rings. The van der Waals surface area contributed by atoms with Crippen molar-refractivity contribution in [1.82, 2.24) is 30.3 Å². The molecule has 0 unspecified atom stereocenters. The molecule has 1 saturated carbocycles. The van der Waals surface area contributed by atoms with Gasteiger partial charge in [-0.05, 0) is 25.3 Å². The predicted octanol–water partition coefficient (Wildman–Crippen LogP) is 0.882. The SMILES string of the molecule is Cn1cc(-c2cnc(N)c(C(=O)N[C@@H]3CCN(C(=O)N[C@@H]4CCCC[C@@H]4O)C3)c2)cn1. The van der Waals surface area contributed by atoms with Crippen molar-refractivity contribution < 1.29 is 14.7 Å². The first kappa shape index (κ1) is 21.1. The van der Waals surface area contributed by atoms with Gasteiger partial charge < -0.3 is 26.4 Å². The molecule has 1 aliphatic heterocycles. The van der Waals surface area contributed by atoms with Gasteiger partial charge in [0.1, 0.15) is 5.82 Å². The van der Waals surface area contributed by atoms with Crippen molar-refractivity contribution in [3.05, 3.63) is 30.2 Å². The molecule has 10 heteroatoms. The maximum absolute atomic E-state index is 12.8. The van der Waals surface area contributed by atoms with Gasteiger partial charge >= 0.3 is 6.03 Å². The number of urea groups is 1. The Hall–Kier alpha value is -3.14. The Balaban J connectivity index is 1.36. The van der Waals surface area contributed by atoms with Gasteiger partial charge in [0.05, 0.1) is 23.9 Å². The molecule has 31 heavy (non-hydrogen) atoms. The largest absolute Gasteiger partial charge is 0.391 e. The summed E-state index contributed by atoms with van der Waals surface area (Å²) in [4.78, 5) is 31.3. The molecule has 2 fully saturated rings. The van der Waals surface area contributed by atoms with Crippen LogP contribution in [0.1, 0.15) is 42.5 Å². The van der Waals surface area contributed by atoms with E-state index >= 15 is 0 Å². The molecule has 5 N–H and O–H groups in total. The Labute approximate surface area is 180 Å². The summed E-state index contributed by atoms with van der Waals surface area (Å²) in [6, 6.07) is 1.15. The zero-order valence-electron chi connectivity index (χ0n) is 17.6. The number of pyridine rings is 1. The molecule has 10 nitrogen and oxygen atoms in total. The molecule has 4 rings (SSSR count). The first-order valence-corrected chi connectivity index (χ1v) is 10.7. The second-order valence-corrected chi connectivity index (χ2v) is 8.37. The van der Waals surface area contributed by atoms with Gasteiger partial charge in [-0.3, -0.25) is 9.48 Å². The lowest BCUT2D eigenvalue weighted by Gasteiger charge is -2.30. The van der Waals surface area contributed by atoms with E-state index in [1.165, 1.54) is 0 Å². The maximum Gasteiger partial charge on any atom is 0.317 e. The van der Waals surface area contributed by atoms with Crippen LogP contribution in [0.25, 0.3) is 11.1 Å². The van der Waals surface area contributed by atoms with Crippen LogP contribution in [0.2, 0.25) is 0 Å². The van der Waals surface area contributed by atoms with Gasteiger partial charge in [0, 0.05) is 49.7 Å². The minimum atomic E-state index is -0.488. The van der Waals surface area contributed by atoms with Crippen molar-refractivity contribution in [2.45, 2.75) is 50.3 Å². The van der Waals surface area contributed by atoms with E-state index in [-0.39, 0.29) is 29.8 Å². The maximum atomic E-state index is 12.8. The van der Waals surface area contributed by atoms with E-state index < -0.39 is 6.10 Å². The molecule has 0 bridgehead atoms. The number of nitrogens with zero attached hydrogens (tertiary/aromatic N) is 4. The average molecular weight is 428 g/mol. The van der Waals surface area contributed by atoms with Gasteiger partial charge in [0.25, 0.3) is 5.91 Å². The van der Waals surface area contributed by atoms with E-state index in [1.807, 2.05) is 13.2 Å². The van der Waals surface area contributed by atoms with E-state index in [2.05, 4.69) is 20.7 Å². The average Bonchev–Trinajstić information content (AvgIpc) is 3.39. The van der Waals surface area contributed by atoms with E-state index in [0.717, 1.165) is 36.8 Å². The number of carbonyl (C=O) groups excluding carboxylic acids is 2. The van der Waals surface area contributed by atoms with Crippen LogP contribution in [0.5, 0.6) is 0 Å². The second-order valence-electron chi connectivity index (χ2n) is 8.37. The summed E-state index contributed by atoms with van der Waals surface area (Å²) in [6.45, 7) is 0.957. The Morgan fingerprint density at radius 3 is 2.71 bits per heavy atom. The third kappa shape index (κ3) is 4.79. The minimum absolute atomic E-state index is 0.157. The number of carbonyl (C=O) groups is 2. The number of aliphatic hydroxyl groups is 1. The second kappa shape index (κ2) is 8.93. The predicted molar refractivity (Wildman–Crippen MR) is 115 cm³/mol. The highest BCUT2D eigenvalue weighted by atomic mass is 16.3. The number of anilines is 1. The number of aryl methyl sites for hydroxylation is 1. The van der Waals surface area contributed by atoms with Gasteiger partial charge in [0.2, 0.25) is 0 Å². The lowest BCUT2D eigenvalue weighted by molar-refractivity contribution is 0.0904. The van der Waals surface area contributed by atoms with Crippen molar-refractivity contribution in [2.75, 3.05) is 18.8 Å². The fraction of sp³-hybridized carbons (Fsp3) is 0.524. The molecule has 0 radical (unpaired) electrons. The lowest BCUT2D eigenvalue weighted by Crippen LogP contribution is -2.50. The zero-order valence-corrected chi connectivity index (χ0v) is 17.6. The monoisotopic (exact) mass is 427 g/mol. The molecule has 3 atom stereocenters. The number of hydrogen-bond donors (Lipinski definition) is 4. The summed E-state index contributed by atoms with van der Waals surface area (Å²) >= 11 is 0. The third-order valence-electron chi connectivity index (χ3n) is 6.05. The molecule has 2 aromatic heterocycles. The molecule has 1 saturated heterocycles. The van der Waals surface area contributed by atoms with E-state index in [1.54, 1.807) is 28.0 Å². The third-order valence-corrected chi connectivity index (χ3v) is 6.05. The summed E-state index contributed by atoms with van der Waals surface area (Å²) in [5, 5.41) is 20.1. The summed E-state index contributed by atoms with van der Waals surface area (Å²) in [6.07, 6.45) is 8.83. The number of hydrogen-bond acceptors (Lipinski definition) is 6. The number of nitrogens with one attached hydrogen (secondary N) is 2. The molecule has 3 heterocycles. The van der Waals surface area contributed by atoms with Gasteiger partial charge in [0.15, 0.2) is 0 Å². The fourth-order valence-electron chi connectivity index (χ4n) is 4.24.